The highest BCUT2D eigenvalue weighted by molar-refractivity contribution is 7.80. The van der Waals surface area contributed by atoms with Gasteiger partial charge < -0.3 is 20.3 Å². The molecule has 0 aromatic heterocycles. The van der Waals surface area contributed by atoms with E-state index in [1.807, 2.05) is 42.5 Å². The zero-order valence-corrected chi connectivity index (χ0v) is 14.5. The summed E-state index contributed by atoms with van der Waals surface area (Å²) < 4.78 is 5.76. The van der Waals surface area contributed by atoms with E-state index in [4.69, 9.17) is 17.0 Å². The number of thiocarbonyl (C=S) groups is 1. The van der Waals surface area contributed by atoms with Crippen molar-refractivity contribution in [1.29, 1.82) is 0 Å². The molecule has 0 aliphatic heterocycles. The van der Waals surface area contributed by atoms with Crippen molar-refractivity contribution in [3.63, 3.8) is 0 Å². The van der Waals surface area contributed by atoms with E-state index in [0.29, 0.717) is 11.7 Å². The summed E-state index contributed by atoms with van der Waals surface area (Å²) in [6, 6.07) is 17.9. The van der Waals surface area contributed by atoms with Crippen LogP contribution < -0.4 is 20.3 Å². The van der Waals surface area contributed by atoms with E-state index < -0.39 is 0 Å². The van der Waals surface area contributed by atoms with Crippen LogP contribution in [-0.2, 0) is 6.61 Å². The number of hydrogen-bond donors (Lipinski definition) is 3. The minimum Gasteiger partial charge on any atom is -0.489 e. The van der Waals surface area contributed by atoms with Crippen LogP contribution in [0.25, 0.3) is 0 Å². The molecule has 0 aliphatic carbocycles. The number of quaternary nitrogens is 1. The van der Waals surface area contributed by atoms with Crippen LogP contribution in [0.2, 0.25) is 0 Å². The van der Waals surface area contributed by atoms with Crippen molar-refractivity contribution in [2.24, 2.45) is 0 Å². The Hall–Kier alpha value is -2.11. The van der Waals surface area contributed by atoms with Crippen LogP contribution >= 0.6 is 12.2 Å². The Morgan fingerprint density at radius 1 is 1.04 bits per heavy atom. The van der Waals surface area contributed by atoms with Crippen LogP contribution in [0.3, 0.4) is 0 Å². The molecular formula is C18H24N3OS+. The highest BCUT2D eigenvalue weighted by Gasteiger charge is 2.00. The minimum atomic E-state index is 0.570. The Morgan fingerprint density at radius 2 is 1.74 bits per heavy atom. The van der Waals surface area contributed by atoms with Gasteiger partial charge in [-0.2, -0.15) is 0 Å². The summed E-state index contributed by atoms with van der Waals surface area (Å²) in [7, 11) is 4.23. The van der Waals surface area contributed by atoms with Gasteiger partial charge in [-0.15, -0.1) is 0 Å². The molecule has 0 spiro atoms. The molecule has 0 saturated carbocycles. The Kier molecular flexibility index (Phi) is 6.84. The first-order valence-electron chi connectivity index (χ1n) is 7.74. The van der Waals surface area contributed by atoms with Crippen molar-refractivity contribution < 1.29 is 9.64 Å². The van der Waals surface area contributed by atoms with Crippen LogP contribution in [0.15, 0.2) is 54.6 Å². The molecule has 5 heteroatoms. The second-order valence-corrected chi connectivity index (χ2v) is 6.04. The monoisotopic (exact) mass is 330 g/mol. The van der Waals surface area contributed by atoms with Gasteiger partial charge in [-0.3, -0.25) is 0 Å². The molecule has 23 heavy (non-hydrogen) atoms. The maximum absolute atomic E-state index is 5.76. The van der Waals surface area contributed by atoms with Gasteiger partial charge in [0.15, 0.2) is 5.11 Å². The number of likely N-dealkylation sites (N-methyl/N-ethyl adjacent to an activating group) is 1. The van der Waals surface area contributed by atoms with Gasteiger partial charge in [-0.1, -0.05) is 30.3 Å². The van der Waals surface area contributed by atoms with Crippen molar-refractivity contribution in [3.8, 4) is 5.75 Å². The third-order valence-electron chi connectivity index (χ3n) is 3.27. The lowest BCUT2D eigenvalue weighted by atomic mass is 10.2. The maximum Gasteiger partial charge on any atom is 0.170 e. The first-order valence-corrected chi connectivity index (χ1v) is 8.15. The molecule has 3 N–H and O–H groups in total. The Labute approximate surface area is 143 Å². The van der Waals surface area contributed by atoms with Crippen LogP contribution in [0.1, 0.15) is 5.56 Å². The van der Waals surface area contributed by atoms with E-state index in [9.17, 15) is 0 Å². The summed E-state index contributed by atoms with van der Waals surface area (Å²) in [5.41, 5.74) is 2.11. The van der Waals surface area contributed by atoms with E-state index in [2.05, 4.69) is 36.9 Å². The fourth-order valence-corrected chi connectivity index (χ4v) is 2.20. The van der Waals surface area contributed by atoms with Crippen molar-refractivity contribution >= 4 is 23.0 Å². The van der Waals surface area contributed by atoms with E-state index in [0.717, 1.165) is 30.1 Å². The number of rotatable bonds is 7. The molecule has 0 fully saturated rings. The Bertz CT molecular complexity index is 599. The van der Waals surface area contributed by atoms with Gasteiger partial charge in [0.25, 0.3) is 0 Å². The Balaban J connectivity index is 1.76. The normalized spacial score (nSPS) is 10.4. The molecule has 0 amide bonds. The number of nitrogens with one attached hydrogen (secondary N) is 3. The number of hydrogen-bond acceptors (Lipinski definition) is 2. The van der Waals surface area contributed by atoms with Gasteiger partial charge >= 0.3 is 0 Å². The van der Waals surface area contributed by atoms with Crippen molar-refractivity contribution in [1.82, 2.24) is 5.32 Å². The molecule has 2 rings (SSSR count). The quantitative estimate of drug-likeness (QED) is 0.676. The van der Waals surface area contributed by atoms with E-state index in [1.165, 1.54) is 4.90 Å². The van der Waals surface area contributed by atoms with Crippen LogP contribution in [-0.4, -0.2) is 32.3 Å². The molecular weight excluding hydrogens is 306 g/mol. The lowest BCUT2D eigenvalue weighted by Crippen LogP contribution is -3.06. The summed E-state index contributed by atoms with van der Waals surface area (Å²) in [6.07, 6.45) is 0. The molecule has 0 saturated heterocycles. The second kappa shape index (κ2) is 9.12. The second-order valence-electron chi connectivity index (χ2n) is 5.64. The average Bonchev–Trinajstić information content (AvgIpc) is 2.55. The van der Waals surface area contributed by atoms with E-state index in [1.54, 1.807) is 0 Å². The fraction of sp³-hybridized carbons (Fsp3) is 0.278. The summed E-state index contributed by atoms with van der Waals surface area (Å²) in [5, 5.41) is 7.01. The summed E-state index contributed by atoms with van der Waals surface area (Å²) in [4.78, 5) is 1.39. The lowest BCUT2D eigenvalue weighted by molar-refractivity contribution is -0.856. The molecule has 0 radical (unpaired) electrons. The van der Waals surface area contributed by atoms with Crippen LogP contribution in [0.5, 0.6) is 5.75 Å². The highest BCUT2D eigenvalue weighted by Crippen LogP contribution is 2.17. The topological polar surface area (TPSA) is 37.7 Å². The highest BCUT2D eigenvalue weighted by atomic mass is 32.1. The molecule has 2 aromatic carbocycles. The first-order chi connectivity index (χ1) is 11.1. The van der Waals surface area contributed by atoms with E-state index >= 15 is 0 Å². The Morgan fingerprint density at radius 3 is 2.39 bits per heavy atom. The molecule has 2 aromatic rings. The van der Waals surface area contributed by atoms with Crippen LogP contribution in [0.4, 0.5) is 5.69 Å². The van der Waals surface area contributed by atoms with Gasteiger partial charge in [0.1, 0.15) is 12.4 Å². The number of benzene rings is 2. The predicted molar refractivity (Wildman–Crippen MR) is 99.1 cm³/mol. The number of ether oxygens (including phenoxy) is 1. The molecule has 0 bridgehead atoms. The van der Waals surface area contributed by atoms with Gasteiger partial charge in [-0.05, 0) is 42.0 Å². The molecule has 0 atom stereocenters. The SMILES string of the molecule is C[NH+](C)CCNC(=S)Nc1ccc(OCc2ccccc2)cc1. The largest absolute Gasteiger partial charge is 0.489 e. The molecule has 0 unspecified atom stereocenters. The van der Waals surface area contributed by atoms with Crippen LogP contribution in [0, 0.1) is 0 Å². The third-order valence-corrected chi connectivity index (χ3v) is 3.52. The van der Waals surface area contributed by atoms with Crippen molar-refractivity contribution in [3.05, 3.63) is 60.2 Å². The fourth-order valence-electron chi connectivity index (χ4n) is 1.98. The first kappa shape index (κ1) is 17.2. The van der Waals surface area contributed by atoms with Gasteiger partial charge in [0, 0.05) is 5.69 Å². The zero-order valence-electron chi connectivity index (χ0n) is 13.6. The predicted octanol–water partition coefficient (Wildman–Crippen LogP) is 1.70. The minimum absolute atomic E-state index is 0.570. The summed E-state index contributed by atoms with van der Waals surface area (Å²) in [5.74, 6) is 0.842. The molecule has 0 aliphatic rings. The van der Waals surface area contributed by atoms with Gasteiger partial charge in [0.05, 0.1) is 27.2 Å². The maximum atomic E-state index is 5.76. The third kappa shape index (κ3) is 6.67. The van der Waals surface area contributed by atoms with Gasteiger partial charge in [0.2, 0.25) is 0 Å². The molecule has 4 nitrogen and oxygen atoms in total. The lowest BCUT2D eigenvalue weighted by Gasteiger charge is -2.12. The molecule has 0 heterocycles. The standard InChI is InChI=1S/C18H23N3OS/c1-21(2)13-12-19-18(23)20-16-8-10-17(11-9-16)22-14-15-6-4-3-5-7-15/h3-11H,12-14H2,1-2H3,(H2,19,20,23)/p+1. The van der Waals surface area contributed by atoms with Gasteiger partial charge in [-0.25, -0.2) is 0 Å². The molecule has 122 valence electrons. The summed E-state index contributed by atoms with van der Waals surface area (Å²) in [6.45, 7) is 2.45. The van der Waals surface area contributed by atoms with Crippen molar-refractivity contribution in [2.75, 3.05) is 32.5 Å². The number of anilines is 1. The smallest absolute Gasteiger partial charge is 0.170 e. The summed E-state index contributed by atoms with van der Waals surface area (Å²) >= 11 is 5.27. The zero-order chi connectivity index (χ0) is 16.5. The van der Waals surface area contributed by atoms with Crippen molar-refractivity contribution in [2.45, 2.75) is 6.61 Å². The van der Waals surface area contributed by atoms with E-state index in [-0.39, 0.29) is 0 Å². The average molecular weight is 330 g/mol.